The Morgan fingerprint density at radius 1 is 0.467 bits per heavy atom. The smallest absolute Gasteiger partial charge is 0.266 e. The van der Waals surface area contributed by atoms with E-state index in [1.807, 2.05) is 0 Å². The van der Waals surface area contributed by atoms with Crippen LogP contribution in [0.4, 0.5) is 0 Å². The van der Waals surface area contributed by atoms with Crippen LogP contribution in [0.1, 0.15) is 90.9 Å². The van der Waals surface area contributed by atoms with Crippen molar-refractivity contribution >= 4 is 33.3 Å². The van der Waals surface area contributed by atoms with E-state index in [0.717, 1.165) is 12.8 Å². The van der Waals surface area contributed by atoms with Gasteiger partial charge in [-0.05, 0) is 61.4 Å². The Morgan fingerprint density at radius 2 is 0.822 bits per heavy atom. The number of hydrogen-bond donors (Lipinski definition) is 0. The van der Waals surface area contributed by atoms with Crippen LogP contribution < -0.4 is 15.9 Å². The molecule has 0 spiro atoms. The summed E-state index contributed by atoms with van der Waals surface area (Å²) in [6.45, 7) is 4.81. The molecule has 4 rings (SSSR count). The van der Waals surface area contributed by atoms with Crippen LogP contribution in [0.25, 0.3) is 0 Å². The van der Waals surface area contributed by atoms with Gasteiger partial charge in [0.2, 0.25) is 0 Å². The topological polar surface area (TPSA) is 43.4 Å². The van der Waals surface area contributed by atoms with Gasteiger partial charge in [-0.2, -0.15) is 8.42 Å². The van der Waals surface area contributed by atoms with Crippen molar-refractivity contribution in [2.75, 3.05) is 12.8 Å². The maximum atomic E-state index is 11.9. The van der Waals surface area contributed by atoms with Crippen molar-refractivity contribution in [2.24, 2.45) is 0 Å². The lowest BCUT2D eigenvalue weighted by Crippen LogP contribution is -2.33. The number of benzene rings is 4. The summed E-state index contributed by atoms with van der Waals surface area (Å²) < 4.78 is 28.8. The SMILES string of the molecule is CCCCCCCCCCCCOS(=O)(=O)c1ccccc1.CCCC[P+](c1ccccc1)(c1ccccc1)c1ccccc1. The fourth-order valence-corrected chi connectivity index (χ4v) is 11.2. The van der Waals surface area contributed by atoms with E-state index in [4.69, 9.17) is 4.18 Å². The van der Waals surface area contributed by atoms with Gasteiger partial charge >= 0.3 is 0 Å². The highest BCUT2D eigenvalue weighted by Gasteiger charge is 2.44. The molecule has 0 aromatic heterocycles. The molecule has 0 saturated heterocycles. The Balaban J connectivity index is 0.000000246. The minimum Gasteiger partial charge on any atom is -0.266 e. The normalized spacial score (nSPS) is 11.5. The Bertz CT molecular complexity index is 1300. The monoisotopic (exact) mass is 645 g/mol. The average Bonchev–Trinajstić information content (AvgIpc) is 3.10. The molecule has 3 nitrogen and oxygen atoms in total. The van der Waals surface area contributed by atoms with E-state index in [2.05, 4.69) is 105 Å². The van der Waals surface area contributed by atoms with Gasteiger partial charge in [0.25, 0.3) is 10.1 Å². The van der Waals surface area contributed by atoms with Crippen LogP contribution in [0.3, 0.4) is 0 Å². The second-order valence-corrected chi connectivity index (χ2v) is 16.9. The van der Waals surface area contributed by atoms with Gasteiger partial charge in [0.05, 0.1) is 17.7 Å². The third-order valence-electron chi connectivity index (χ3n) is 8.21. The van der Waals surface area contributed by atoms with Crippen molar-refractivity contribution in [1.29, 1.82) is 0 Å². The zero-order valence-electron chi connectivity index (χ0n) is 27.5. The van der Waals surface area contributed by atoms with Crippen molar-refractivity contribution < 1.29 is 12.6 Å². The fraction of sp³-hybridized carbons (Fsp3) is 0.400. The van der Waals surface area contributed by atoms with Crippen molar-refractivity contribution in [2.45, 2.75) is 95.8 Å². The summed E-state index contributed by atoms with van der Waals surface area (Å²) in [6.07, 6.45) is 16.0. The van der Waals surface area contributed by atoms with Gasteiger partial charge in [-0.15, -0.1) is 0 Å². The second-order valence-electron chi connectivity index (χ2n) is 11.7. The molecule has 0 aliphatic carbocycles. The maximum absolute atomic E-state index is 11.9. The fourth-order valence-electron chi connectivity index (χ4n) is 5.69. The Kier molecular flexibility index (Phi) is 17.2. The molecule has 0 amide bonds. The molecule has 0 aliphatic heterocycles. The molecule has 45 heavy (non-hydrogen) atoms. The van der Waals surface area contributed by atoms with Crippen LogP contribution in [0, 0.1) is 0 Å². The zero-order valence-corrected chi connectivity index (χ0v) is 29.2. The van der Waals surface area contributed by atoms with Crippen molar-refractivity contribution in [3.05, 3.63) is 121 Å². The molecular formula is C40H54O3PS+. The Hall–Kier alpha value is -2.78. The van der Waals surface area contributed by atoms with Crippen LogP contribution in [0.5, 0.6) is 0 Å². The quantitative estimate of drug-likeness (QED) is 0.0579. The number of hydrogen-bond acceptors (Lipinski definition) is 3. The third kappa shape index (κ3) is 12.2. The summed E-state index contributed by atoms with van der Waals surface area (Å²) in [7, 11) is -5.14. The summed E-state index contributed by atoms with van der Waals surface area (Å²) in [5.41, 5.74) is 0. The van der Waals surface area contributed by atoms with Crippen molar-refractivity contribution in [3.8, 4) is 0 Å². The molecule has 242 valence electrons. The van der Waals surface area contributed by atoms with Crippen LogP contribution in [-0.4, -0.2) is 21.2 Å². The minimum absolute atomic E-state index is 0.238. The third-order valence-corrected chi connectivity index (χ3v) is 14.1. The highest BCUT2D eigenvalue weighted by Crippen LogP contribution is 2.55. The predicted octanol–water partition coefficient (Wildman–Crippen LogP) is 10.1. The maximum Gasteiger partial charge on any atom is 0.296 e. The molecule has 5 heteroatoms. The molecule has 0 saturated carbocycles. The molecule has 0 atom stereocenters. The molecule has 0 radical (unpaired) electrons. The largest absolute Gasteiger partial charge is 0.296 e. The van der Waals surface area contributed by atoms with Gasteiger partial charge in [-0.25, -0.2) is 0 Å². The summed E-state index contributed by atoms with van der Waals surface area (Å²) in [5.74, 6) is 0. The summed E-state index contributed by atoms with van der Waals surface area (Å²) in [5, 5.41) is 4.47. The first-order valence-electron chi connectivity index (χ1n) is 17.0. The minimum atomic E-state index is -3.57. The highest BCUT2D eigenvalue weighted by molar-refractivity contribution is 7.95. The standard InChI is InChI=1S/C22H24P.C18H30O3S/c1-2-3-19-23(20-13-7-4-8-14-20,21-15-9-5-10-16-21)22-17-11-6-12-18-22;1-2-3-4-5-6-7-8-9-10-14-17-21-22(19,20)18-15-12-11-13-16-18/h4-18H,2-3,19H2,1H3;11-13,15-16H,2-10,14,17H2,1H3/q+1;. The van der Waals surface area contributed by atoms with Gasteiger partial charge in [0, 0.05) is 0 Å². The van der Waals surface area contributed by atoms with Crippen molar-refractivity contribution in [1.82, 2.24) is 0 Å². The molecule has 0 aliphatic rings. The first-order chi connectivity index (χ1) is 22.0. The summed E-state index contributed by atoms with van der Waals surface area (Å²) >= 11 is 0. The summed E-state index contributed by atoms with van der Waals surface area (Å²) in [4.78, 5) is 0.238. The van der Waals surface area contributed by atoms with E-state index in [9.17, 15) is 8.42 Å². The average molecular weight is 646 g/mol. The van der Waals surface area contributed by atoms with Gasteiger partial charge < -0.3 is 0 Å². The van der Waals surface area contributed by atoms with E-state index in [1.165, 1.54) is 86.3 Å². The molecular weight excluding hydrogens is 591 g/mol. The Labute approximate surface area is 274 Å². The second kappa shape index (κ2) is 21.1. The molecule has 0 heterocycles. The van der Waals surface area contributed by atoms with Gasteiger partial charge in [0.1, 0.15) is 23.2 Å². The van der Waals surface area contributed by atoms with Crippen LogP contribution in [0.2, 0.25) is 0 Å². The van der Waals surface area contributed by atoms with Crippen LogP contribution in [0.15, 0.2) is 126 Å². The molecule has 4 aromatic rings. The number of unbranched alkanes of at least 4 members (excludes halogenated alkanes) is 10. The Morgan fingerprint density at radius 3 is 1.22 bits per heavy atom. The first-order valence-corrected chi connectivity index (χ1v) is 20.4. The van der Waals surface area contributed by atoms with Crippen molar-refractivity contribution in [3.63, 3.8) is 0 Å². The van der Waals surface area contributed by atoms with E-state index < -0.39 is 17.4 Å². The lowest BCUT2D eigenvalue weighted by Gasteiger charge is -2.27. The lowest BCUT2D eigenvalue weighted by atomic mass is 10.1. The molecule has 0 N–H and O–H groups in total. The van der Waals surface area contributed by atoms with E-state index in [-0.39, 0.29) is 11.5 Å². The summed E-state index contributed by atoms with van der Waals surface area (Å²) in [6, 6.07) is 41.7. The van der Waals surface area contributed by atoms with Gasteiger partial charge in [0.15, 0.2) is 0 Å². The predicted molar refractivity (Wildman–Crippen MR) is 196 cm³/mol. The van der Waals surface area contributed by atoms with Crippen LogP contribution >= 0.6 is 7.26 Å². The molecule has 4 aromatic carbocycles. The van der Waals surface area contributed by atoms with E-state index >= 15 is 0 Å². The molecule has 0 unspecified atom stereocenters. The molecule has 0 fully saturated rings. The number of rotatable bonds is 19. The van der Waals surface area contributed by atoms with E-state index in [0.29, 0.717) is 0 Å². The molecule has 0 bridgehead atoms. The lowest BCUT2D eigenvalue weighted by molar-refractivity contribution is 0.306. The van der Waals surface area contributed by atoms with E-state index in [1.54, 1.807) is 30.3 Å². The van der Waals surface area contributed by atoms with Crippen LogP contribution in [-0.2, 0) is 14.3 Å². The van der Waals surface area contributed by atoms with Gasteiger partial charge in [-0.3, -0.25) is 4.18 Å². The van der Waals surface area contributed by atoms with Gasteiger partial charge in [-0.1, -0.05) is 151 Å². The zero-order chi connectivity index (χ0) is 32.1. The first kappa shape index (κ1) is 36.7. The highest BCUT2D eigenvalue weighted by atomic mass is 32.2.